The van der Waals surface area contributed by atoms with E-state index in [9.17, 15) is 13.2 Å². The SMILES string of the molecule is COCC1(CNS(=O)(=O)c2cc(C(=O)OC)cs2)CCNCC1.Cl. The van der Waals surface area contributed by atoms with E-state index in [4.69, 9.17) is 4.74 Å². The van der Waals surface area contributed by atoms with Gasteiger partial charge in [0.05, 0.1) is 19.3 Å². The minimum atomic E-state index is -3.65. The standard InChI is InChI=1S/C14H22N2O5S2.ClH/c1-20-10-14(3-5-15-6-4-14)9-16-23(18,19)12-7-11(8-22-12)13(17)21-2;/h7-8,15-16H,3-6,9-10H2,1-2H3;1H. The molecule has 138 valence electrons. The second kappa shape index (κ2) is 9.12. The first kappa shape index (κ1) is 21.3. The summed E-state index contributed by atoms with van der Waals surface area (Å²) in [6.07, 6.45) is 1.70. The summed E-state index contributed by atoms with van der Waals surface area (Å²) < 4.78 is 37.5. The Morgan fingerprint density at radius 2 is 2.04 bits per heavy atom. The van der Waals surface area contributed by atoms with Gasteiger partial charge in [0.25, 0.3) is 0 Å². The number of carbonyl (C=O) groups excluding carboxylic acids is 1. The van der Waals surface area contributed by atoms with E-state index in [1.807, 2.05) is 0 Å². The summed E-state index contributed by atoms with van der Waals surface area (Å²) in [6, 6.07) is 1.34. The number of hydrogen-bond acceptors (Lipinski definition) is 7. The Labute approximate surface area is 152 Å². The molecule has 0 aromatic carbocycles. The minimum Gasteiger partial charge on any atom is -0.465 e. The Morgan fingerprint density at radius 3 is 2.62 bits per heavy atom. The summed E-state index contributed by atoms with van der Waals surface area (Å²) >= 11 is 1.00. The highest BCUT2D eigenvalue weighted by atomic mass is 35.5. The number of nitrogens with one attached hydrogen (secondary N) is 2. The quantitative estimate of drug-likeness (QED) is 0.671. The molecule has 1 aliphatic heterocycles. The van der Waals surface area contributed by atoms with Crippen molar-refractivity contribution in [3.8, 4) is 0 Å². The van der Waals surface area contributed by atoms with Crippen molar-refractivity contribution in [3.63, 3.8) is 0 Å². The van der Waals surface area contributed by atoms with Crippen molar-refractivity contribution in [2.45, 2.75) is 17.1 Å². The van der Waals surface area contributed by atoms with E-state index in [1.54, 1.807) is 7.11 Å². The Hall–Kier alpha value is -0.710. The largest absolute Gasteiger partial charge is 0.465 e. The molecule has 0 saturated carbocycles. The van der Waals surface area contributed by atoms with Crippen molar-refractivity contribution >= 4 is 39.7 Å². The fourth-order valence-corrected chi connectivity index (χ4v) is 4.99. The van der Waals surface area contributed by atoms with Crippen molar-refractivity contribution < 1.29 is 22.7 Å². The highest BCUT2D eigenvalue weighted by Crippen LogP contribution is 2.29. The van der Waals surface area contributed by atoms with E-state index in [0.717, 1.165) is 37.3 Å². The first-order valence-corrected chi connectivity index (χ1v) is 9.65. The number of thiophene rings is 1. The maximum atomic E-state index is 12.4. The Morgan fingerprint density at radius 1 is 1.38 bits per heavy atom. The van der Waals surface area contributed by atoms with Crippen LogP contribution in [0.15, 0.2) is 15.7 Å². The molecule has 1 saturated heterocycles. The van der Waals surface area contributed by atoms with Crippen LogP contribution >= 0.6 is 23.7 Å². The number of ether oxygens (including phenoxy) is 2. The second-order valence-electron chi connectivity index (χ2n) is 5.65. The lowest BCUT2D eigenvalue weighted by molar-refractivity contribution is 0.0577. The van der Waals surface area contributed by atoms with Crippen LogP contribution in [0, 0.1) is 5.41 Å². The van der Waals surface area contributed by atoms with Crippen molar-refractivity contribution in [1.29, 1.82) is 0 Å². The number of esters is 1. The third-order valence-electron chi connectivity index (χ3n) is 4.01. The molecule has 1 aromatic heterocycles. The Balaban J connectivity index is 0.00000288. The summed E-state index contributed by atoms with van der Waals surface area (Å²) in [4.78, 5) is 11.4. The van der Waals surface area contributed by atoms with E-state index in [2.05, 4.69) is 14.8 Å². The number of methoxy groups -OCH3 is 2. The van der Waals surface area contributed by atoms with E-state index < -0.39 is 16.0 Å². The van der Waals surface area contributed by atoms with Crippen LogP contribution in [0.2, 0.25) is 0 Å². The van der Waals surface area contributed by atoms with Crippen LogP contribution in [0.1, 0.15) is 23.2 Å². The minimum absolute atomic E-state index is 0. The molecule has 0 amide bonds. The molecule has 2 heterocycles. The number of sulfonamides is 1. The van der Waals surface area contributed by atoms with Gasteiger partial charge in [-0.2, -0.15) is 0 Å². The Kier molecular flexibility index (Phi) is 8.10. The average molecular weight is 399 g/mol. The fraction of sp³-hybridized carbons (Fsp3) is 0.643. The molecule has 7 nitrogen and oxygen atoms in total. The molecule has 0 unspecified atom stereocenters. The molecule has 0 aliphatic carbocycles. The van der Waals surface area contributed by atoms with Crippen LogP contribution in [0.25, 0.3) is 0 Å². The fourth-order valence-electron chi connectivity index (χ4n) is 2.64. The first-order chi connectivity index (χ1) is 10.9. The molecule has 0 radical (unpaired) electrons. The molecule has 0 spiro atoms. The zero-order valence-electron chi connectivity index (χ0n) is 13.7. The molecule has 2 rings (SSSR count). The van der Waals surface area contributed by atoms with Gasteiger partial charge in [0.15, 0.2) is 0 Å². The lowest BCUT2D eigenvalue weighted by Crippen LogP contribution is -2.47. The van der Waals surface area contributed by atoms with Crippen LogP contribution in [-0.4, -0.2) is 54.8 Å². The van der Waals surface area contributed by atoms with Gasteiger partial charge in [-0.1, -0.05) is 0 Å². The molecule has 0 bridgehead atoms. The molecule has 24 heavy (non-hydrogen) atoms. The highest BCUT2D eigenvalue weighted by molar-refractivity contribution is 7.91. The zero-order valence-corrected chi connectivity index (χ0v) is 16.1. The van der Waals surface area contributed by atoms with Crippen LogP contribution in [0.3, 0.4) is 0 Å². The van der Waals surface area contributed by atoms with E-state index in [0.29, 0.717) is 13.2 Å². The molecule has 1 aromatic rings. The summed E-state index contributed by atoms with van der Waals surface area (Å²) in [5.41, 5.74) is 0.0431. The van der Waals surface area contributed by atoms with Gasteiger partial charge >= 0.3 is 5.97 Å². The topological polar surface area (TPSA) is 93.7 Å². The van der Waals surface area contributed by atoms with Crippen molar-refractivity contribution in [2.75, 3.05) is 40.5 Å². The first-order valence-electron chi connectivity index (χ1n) is 7.29. The predicted octanol–water partition coefficient (Wildman–Crippen LogP) is 1.25. The monoisotopic (exact) mass is 398 g/mol. The van der Waals surface area contributed by atoms with Gasteiger partial charge in [-0.25, -0.2) is 17.9 Å². The average Bonchev–Trinajstić information content (AvgIpc) is 3.05. The molecular formula is C14H23ClN2O5S2. The molecular weight excluding hydrogens is 376 g/mol. The molecule has 1 fully saturated rings. The second-order valence-corrected chi connectivity index (χ2v) is 8.56. The summed E-state index contributed by atoms with van der Waals surface area (Å²) in [5, 5.41) is 4.75. The number of rotatable bonds is 7. The van der Waals surface area contributed by atoms with Gasteiger partial charge < -0.3 is 14.8 Å². The van der Waals surface area contributed by atoms with E-state index in [-0.39, 0.29) is 27.6 Å². The van der Waals surface area contributed by atoms with Crippen molar-refractivity contribution in [3.05, 3.63) is 17.0 Å². The lowest BCUT2D eigenvalue weighted by Gasteiger charge is -2.37. The molecule has 2 N–H and O–H groups in total. The van der Waals surface area contributed by atoms with Crippen molar-refractivity contribution in [2.24, 2.45) is 5.41 Å². The van der Waals surface area contributed by atoms with Gasteiger partial charge in [0.1, 0.15) is 4.21 Å². The van der Waals surface area contributed by atoms with Gasteiger partial charge in [0, 0.05) is 24.4 Å². The summed E-state index contributed by atoms with van der Waals surface area (Å²) in [7, 11) is -0.765. The maximum Gasteiger partial charge on any atom is 0.338 e. The third-order valence-corrected chi connectivity index (χ3v) is 6.85. The number of piperidine rings is 1. The third kappa shape index (κ3) is 5.14. The van der Waals surface area contributed by atoms with E-state index in [1.165, 1.54) is 18.6 Å². The highest BCUT2D eigenvalue weighted by Gasteiger charge is 2.34. The van der Waals surface area contributed by atoms with Gasteiger partial charge in [-0.15, -0.1) is 23.7 Å². The van der Waals surface area contributed by atoms with Crippen LogP contribution in [0.4, 0.5) is 0 Å². The number of carbonyl (C=O) groups is 1. The summed E-state index contributed by atoms with van der Waals surface area (Å²) in [5.74, 6) is -0.545. The van der Waals surface area contributed by atoms with Crippen molar-refractivity contribution in [1.82, 2.24) is 10.0 Å². The van der Waals surface area contributed by atoms with E-state index >= 15 is 0 Å². The van der Waals surface area contributed by atoms with Crippen LogP contribution < -0.4 is 10.0 Å². The van der Waals surface area contributed by atoms with Gasteiger partial charge in [0.2, 0.25) is 10.0 Å². The molecule has 1 aliphatic rings. The smallest absolute Gasteiger partial charge is 0.338 e. The number of halogens is 1. The van der Waals surface area contributed by atoms with Gasteiger partial charge in [-0.3, -0.25) is 0 Å². The molecule has 0 atom stereocenters. The predicted molar refractivity (Wildman–Crippen MR) is 94.5 cm³/mol. The van der Waals surface area contributed by atoms with Crippen LogP contribution in [-0.2, 0) is 19.5 Å². The lowest BCUT2D eigenvalue weighted by atomic mass is 9.80. The zero-order chi connectivity index (χ0) is 16.9. The molecule has 10 heteroatoms. The van der Waals surface area contributed by atoms with Gasteiger partial charge in [-0.05, 0) is 32.0 Å². The maximum absolute atomic E-state index is 12.4. The summed E-state index contributed by atoms with van der Waals surface area (Å²) in [6.45, 7) is 2.51. The van der Waals surface area contributed by atoms with Crippen LogP contribution in [0.5, 0.6) is 0 Å². The number of hydrogen-bond donors (Lipinski definition) is 2. The normalized spacial score (nSPS) is 17.1. The Bertz CT molecular complexity index is 636.